The van der Waals surface area contributed by atoms with E-state index in [-0.39, 0.29) is 6.04 Å². The van der Waals surface area contributed by atoms with Crippen molar-refractivity contribution in [2.45, 2.75) is 32.4 Å². The molecule has 1 saturated heterocycles. The van der Waals surface area contributed by atoms with Gasteiger partial charge in [0.1, 0.15) is 5.82 Å². The first-order valence-corrected chi connectivity index (χ1v) is 9.34. The maximum Gasteiger partial charge on any atom is 0.241 e. The lowest BCUT2D eigenvalue weighted by molar-refractivity contribution is 0.207. The lowest BCUT2D eigenvalue weighted by Gasteiger charge is -2.20. The molecule has 0 radical (unpaired) electrons. The summed E-state index contributed by atoms with van der Waals surface area (Å²) in [5, 5.41) is 4.13. The average molecular weight is 359 g/mol. The predicted molar refractivity (Wildman–Crippen MR) is 103 cm³/mol. The monoisotopic (exact) mass is 359 g/mol. The van der Waals surface area contributed by atoms with Crippen LogP contribution in [-0.2, 0) is 6.54 Å². The van der Waals surface area contributed by atoms with Crippen molar-refractivity contribution in [1.29, 1.82) is 0 Å². The van der Waals surface area contributed by atoms with E-state index in [0.29, 0.717) is 18.3 Å². The van der Waals surface area contributed by atoms with Gasteiger partial charge < -0.3 is 9.51 Å². The molecule has 136 valence electrons. The number of aromatic nitrogens is 4. The third-order valence-electron chi connectivity index (χ3n) is 5.17. The van der Waals surface area contributed by atoms with E-state index in [9.17, 15) is 0 Å². The Labute approximate surface area is 157 Å². The summed E-state index contributed by atoms with van der Waals surface area (Å²) in [4.78, 5) is 15.3. The lowest BCUT2D eigenvalue weighted by atomic mass is 10.2. The third-order valence-corrected chi connectivity index (χ3v) is 5.17. The normalized spacial score (nSPS) is 17.7. The maximum atomic E-state index is 5.51. The molecule has 1 N–H and O–H groups in total. The molecule has 1 aliphatic rings. The van der Waals surface area contributed by atoms with Gasteiger partial charge in [0, 0.05) is 5.56 Å². The van der Waals surface area contributed by atoms with Crippen molar-refractivity contribution in [2.24, 2.45) is 0 Å². The van der Waals surface area contributed by atoms with Crippen molar-refractivity contribution in [3.63, 3.8) is 0 Å². The lowest BCUT2D eigenvalue weighted by Crippen LogP contribution is -2.23. The number of nitrogens with zero attached hydrogens (tertiary/aromatic N) is 4. The Balaban J connectivity index is 1.37. The van der Waals surface area contributed by atoms with Crippen LogP contribution < -0.4 is 0 Å². The molecule has 0 bridgehead atoms. The molecule has 0 aliphatic carbocycles. The van der Waals surface area contributed by atoms with Crippen LogP contribution >= 0.6 is 0 Å². The van der Waals surface area contributed by atoms with Crippen LogP contribution in [0.15, 0.2) is 53.1 Å². The Hall–Kier alpha value is -2.99. The van der Waals surface area contributed by atoms with Crippen molar-refractivity contribution in [2.75, 3.05) is 6.54 Å². The Morgan fingerprint density at radius 2 is 2.04 bits per heavy atom. The second kappa shape index (κ2) is 6.63. The molecule has 27 heavy (non-hydrogen) atoms. The van der Waals surface area contributed by atoms with Crippen molar-refractivity contribution in [3.05, 3.63) is 65.8 Å². The van der Waals surface area contributed by atoms with Gasteiger partial charge in [-0.3, -0.25) is 4.90 Å². The highest BCUT2D eigenvalue weighted by Crippen LogP contribution is 2.32. The number of benzene rings is 2. The molecule has 1 atom stereocenters. The van der Waals surface area contributed by atoms with Crippen LogP contribution in [0, 0.1) is 6.92 Å². The number of H-pyrrole nitrogens is 1. The van der Waals surface area contributed by atoms with E-state index in [2.05, 4.69) is 45.1 Å². The van der Waals surface area contributed by atoms with Crippen LogP contribution in [0.1, 0.15) is 36.2 Å². The van der Waals surface area contributed by atoms with Crippen molar-refractivity contribution in [1.82, 2.24) is 25.0 Å². The number of likely N-dealkylation sites (tertiary alicyclic amines) is 1. The number of hydrogen-bond donors (Lipinski definition) is 1. The zero-order valence-electron chi connectivity index (χ0n) is 15.2. The van der Waals surface area contributed by atoms with Gasteiger partial charge in [-0.2, -0.15) is 4.98 Å². The fraction of sp³-hybridized carbons (Fsp3) is 0.286. The minimum absolute atomic E-state index is 0.254. The first kappa shape index (κ1) is 16.2. The van der Waals surface area contributed by atoms with Crippen LogP contribution in [-0.4, -0.2) is 31.6 Å². The number of aryl methyl sites for hydroxylation is 1. The van der Waals surface area contributed by atoms with E-state index in [1.807, 2.05) is 30.3 Å². The highest BCUT2D eigenvalue weighted by molar-refractivity contribution is 5.75. The smallest absolute Gasteiger partial charge is 0.241 e. The van der Waals surface area contributed by atoms with E-state index < -0.39 is 0 Å². The topological polar surface area (TPSA) is 70.8 Å². The summed E-state index contributed by atoms with van der Waals surface area (Å²) in [6.45, 7) is 3.74. The number of imidazole rings is 1. The molecule has 2 aromatic carbocycles. The van der Waals surface area contributed by atoms with Crippen molar-refractivity contribution in [3.8, 4) is 11.4 Å². The van der Waals surface area contributed by atoms with Crippen molar-refractivity contribution >= 4 is 11.0 Å². The summed E-state index contributed by atoms with van der Waals surface area (Å²) >= 11 is 0. The van der Waals surface area contributed by atoms with E-state index in [0.717, 1.165) is 41.8 Å². The number of fused-ring (bicyclic) bond motifs is 1. The van der Waals surface area contributed by atoms with Gasteiger partial charge in [-0.15, -0.1) is 0 Å². The largest absolute Gasteiger partial charge is 0.341 e. The molecule has 0 spiro atoms. The second-order valence-electron chi connectivity index (χ2n) is 7.15. The maximum absolute atomic E-state index is 5.51. The Morgan fingerprint density at radius 1 is 1.15 bits per heavy atom. The van der Waals surface area contributed by atoms with Gasteiger partial charge in [-0.25, -0.2) is 4.98 Å². The average Bonchev–Trinajstić information content (AvgIpc) is 3.41. The zero-order valence-corrected chi connectivity index (χ0v) is 15.2. The molecular weight excluding hydrogens is 338 g/mol. The Morgan fingerprint density at radius 3 is 2.93 bits per heavy atom. The molecule has 1 aliphatic heterocycles. The molecule has 2 aromatic heterocycles. The van der Waals surface area contributed by atoms with E-state index in [1.165, 1.54) is 5.56 Å². The second-order valence-corrected chi connectivity index (χ2v) is 7.15. The van der Waals surface area contributed by atoms with E-state index >= 15 is 0 Å². The number of aromatic amines is 1. The minimum Gasteiger partial charge on any atom is -0.341 e. The summed E-state index contributed by atoms with van der Waals surface area (Å²) in [6.07, 6.45) is 2.22. The molecule has 6 heteroatoms. The number of nitrogens with one attached hydrogen (secondary N) is 1. The molecule has 0 amide bonds. The van der Waals surface area contributed by atoms with Gasteiger partial charge in [-0.1, -0.05) is 41.6 Å². The van der Waals surface area contributed by atoms with Gasteiger partial charge in [-0.05, 0) is 44.0 Å². The summed E-state index contributed by atoms with van der Waals surface area (Å²) in [5.41, 5.74) is 4.33. The Kier molecular flexibility index (Phi) is 3.98. The number of hydrogen-bond acceptors (Lipinski definition) is 5. The van der Waals surface area contributed by atoms with Gasteiger partial charge in [0.2, 0.25) is 11.7 Å². The van der Waals surface area contributed by atoms with Crippen molar-refractivity contribution < 1.29 is 4.52 Å². The summed E-state index contributed by atoms with van der Waals surface area (Å²) in [5.74, 6) is 2.31. The van der Waals surface area contributed by atoms with Crippen LogP contribution in [0.5, 0.6) is 0 Å². The highest BCUT2D eigenvalue weighted by Gasteiger charge is 2.30. The highest BCUT2D eigenvalue weighted by atomic mass is 16.5. The quantitative estimate of drug-likeness (QED) is 0.589. The molecule has 5 rings (SSSR count). The van der Waals surface area contributed by atoms with Gasteiger partial charge in [0.15, 0.2) is 0 Å². The molecule has 0 saturated carbocycles. The first-order chi connectivity index (χ1) is 13.3. The van der Waals surface area contributed by atoms with Crippen LogP contribution in [0.25, 0.3) is 22.4 Å². The third kappa shape index (κ3) is 3.13. The molecule has 1 fully saturated rings. The summed E-state index contributed by atoms with van der Waals surface area (Å²) < 4.78 is 5.51. The SMILES string of the molecule is Cc1ccc2nc(C3CCCN3Cc3nc(-c4ccccc4)no3)[nH]c2c1. The predicted octanol–water partition coefficient (Wildman–Crippen LogP) is 4.26. The fourth-order valence-corrected chi connectivity index (χ4v) is 3.82. The molecule has 3 heterocycles. The van der Waals surface area contributed by atoms with Gasteiger partial charge in [0.05, 0.1) is 23.6 Å². The summed E-state index contributed by atoms with van der Waals surface area (Å²) in [6, 6.07) is 16.5. The summed E-state index contributed by atoms with van der Waals surface area (Å²) in [7, 11) is 0. The zero-order chi connectivity index (χ0) is 18.2. The molecule has 6 nitrogen and oxygen atoms in total. The number of rotatable bonds is 4. The molecule has 4 aromatic rings. The van der Waals surface area contributed by atoms with Gasteiger partial charge >= 0.3 is 0 Å². The molecular formula is C21H21N5O. The van der Waals surface area contributed by atoms with Crippen LogP contribution in [0.2, 0.25) is 0 Å². The molecule has 1 unspecified atom stereocenters. The van der Waals surface area contributed by atoms with Crippen LogP contribution in [0.4, 0.5) is 0 Å². The van der Waals surface area contributed by atoms with E-state index in [1.54, 1.807) is 0 Å². The fourth-order valence-electron chi connectivity index (χ4n) is 3.82. The van der Waals surface area contributed by atoms with E-state index in [4.69, 9.17) is 9.51 Å². The first-order valence-electron chi connectivity index (χ1n) is 9.34. The Bertz CT molecular complexity index is 1070. The minimum atomic E-state index is 0.254. The van der Waals surface area contributed by atoms with Gasteiger partial charge in [0.25, 0.3) is 0 Å². The van der Waals surface area contributed by atoms with Crippen LogP contribution in [0.3, 0.4) is 0 Å². The standard InChI is InChI=1S/C21H21N5O/c1-14-9-10-16-17(12-14)23-21(22-16)18-8-5-11-26(18)13-19-24-20(25-27-19)15-6-3-2-4-7-15/h2-4,6-7,9-10,12,18H,5,8,11,13H2,1H3,(H,22,23).